The van der Waals surface area contributed by atoms with E-state index in [9.17, 15) is 18.0 Å². The van der Waals surface area contributed by atoms with Gasteiger partial charge in [0.1, 0.15) is 5.75 Å². The third-order valence-corrected chi connectivity index (χ3v) is 5.48. The van der Waals surface area contributed by atoms with Gasteiger partial charge in [0.15, 0.2) is 0 Å². The summed E-state index contributed by atoms with van der Waals surface area (Å²) in [6, 6.07) is 11.2. The van der Waals surface area contributed by atoms with E-state index in [4.69, 9.17) is 5.11 Å². The van der Waals surface area contributed by atoms with E-state index < -0.39 is 12.3 Å². The molecule has 2 N–H and O–H groups in total. The molecule has 1 fully saturated rings. The van der Waals surface area contributed by atoms with Crippen LogP contribution in [0.2, 0.25) is 0 Å². The van der Waals surface area contributed by atoms with Crippen molar-refractivity contribution in [3.05, 3.63) is 59.2 Å². The standard InChI is InChI=1S/C20H18F3NO3/c21-20(22,23)27-13-8-9-17-16(10-13)14-2-1-3-15(14)18(24-17)11-4-6-12(7-5-11)19(25)26/h4-10,14-15,18,24H,1-3H2,(H,25,26)/t14-,15+,18+/m1/s1. The maximum atomic E-state index is 12.5. The SMILES string of the molecule is O=C(O)c1ccc([C@@H]2Nc3ccc(OC(F)(F)F)cc3[C@@H]3CCC[C@@H]32)cc1. The van der Waals surface area contributed by atoms with Crippen molar-refractivity contribution < 1.29 is 27.8 Å². The highest BCUT2D eigenvalue weighted by molar-refractivity contribution is 5.87. The van der Waals surface area contributed by atoms with E-state index in [1.165, 1.54) is 12.1 Å². The average molecular weight is 377 g/mol. The summed E-state index contributed by atoms with van der Waals surface area (Å²) in [6.07, 6.45) is -1.82. The number of alkyl halides is 3. The molecular weight excluding hydrogens is 359 g/mol. The highest BCUT2D eigenvalue weighted by atomic mass is 19.4. The van der Waals surface area contributed by atoms with Gasteiger partial charge >= 0.3 is 12.3 Å². The van der Waals surface area contributed by atoms with Gasteiger partial charge in [-0.05, 0) is 66.1 Å². The molecule has 2 aromatic carbocycles. The van der Waals surface area contributed by atoms with E-state index in [0.29, 0.717) is 0 Å². The number of hydrogen-bond acceptors (Lipinski definition) is 3. The van der Waals surface area contributed by atoms with Gasteiger partial charge in [0, 0.05) is 5.69 Å². The van der Waals surface area contributed by atoms with Crippen molar-refractivity contribution in [1.29, 1.82) is 0 Å². The van der Waals surface area contributed by atoms with Crippen LogP contribution in [0.25, 0.3) is 0 Å². The van der Waals surface area contributed by atoms with Gasteiger partial charge in [0.25, 0.3) is 0 Å². The van der Waals surface area contributed by atoms with E-state index in [1.807, 2.05) is 12.1 Å². The summed E-state index contributed by atoms with van der Waals surface area (Å²) in [5.41, 5.74) is 2.88. The molecule has 0 spiro atoms. The third kappa shape index (κ3) is 3.46. The van der Waals surface area contributed by atoms with Crippen molar-refractivity contribution in [3.8, 4) is 5.75 Å². The van der Waals surface area contributed by atoms with Crippen molar-refractivity contribution in [2.75, 3.05) is 5.32 Å². The molecule has 142 valence electrons. The van der Waals surface area contributed by atoms with Crippen LogP contribution in [0, 0.1) is 5.92 Å². The number of fused-ring (bicyclic) bond motifs is 3. The molecule has 0 radical (unpaired) electrons. The van der Waals surface area contributed by atoms with Crippen LogP contribution in [-0.4, -0.2) is 17.4 Å². The van der Waals surface area contributed by atoms with Crippen LogP contribution in [0.3, 0.4) is 0 Å². The molecule has 1 aliphatic heterocycles. The molecule has 4 rings (SSSR count). The fraction of sp³-hybridized carbons (Fsp3) is 0.350. The van der Waals surface area contributed by atoms with Crippen LogP contribution in [0.4, 0.5) is 18.9 Å². The van der Waals surface area contributed by atoms with Crippen molar-refractivity contribution >= 4 is 11.7 Å². The number of anilines is 1. The molecule has 2 aliphatic rings. The Morgan fingerprint density at radius 3 is 2.52 bits per heavy atom. The Hall–Kier alpha value is -2.70. The maximum absolute atomic E-state index is 12.5. The first-order valence-electron chi connectivity index (χ1n) is 8.81. The van der Waals surface area contributed by atoms with E-state index in [1.54, 1.807) is 18.2 Å². The summed E-state index contributed by atoms with van der Waals surface area (Å²) < 4.78 is 41.7. The van der Waals surface area contributed by atoms with Crippen LogP contribution < -0.4 is 10.1 Å². The number of rotatable bonds is 3. The number of carboxylic acid groups (broad SMARTS) is 1. The van der Waals surface area contributed by atoms with Gasteiger partial charge in [0.2, 0.25) is 0 Å². The number of carbonyl (C=O) groups is 1. The molecule has 2 aromatic rings. The minimum atomic E-state index is -4.71. The van der Waals surface area contributed by atoms with Crippen LogP contribution >= 0.6 is 0 Å². The van der Waals surface area contributed by atoms with Gasteiger partial charge in [-0.3, -0.25) is 0 Å². The zero-order valence-corrected chi connectivity index (χ0v) is 14.3. The van der Waals surface area contributed by atoms with E-state index in [-0.39, 0.29) is 29.2 Å². The minimum Gasteiger partial charge on any atom is -0.478 e. The molecule has 0 bridgehead atoms. The molecule has 0 amide bonds. The zero-order valence-electron chi connectivity index (χ0n) is 14.3. The fourth-order valence-electron chi connectivity index (χ4n) is 4.39. The van der Waals surface area contributed by atoms with Crippen LogP contribution in [0.1, 0.15) is 52.7 Å². The second-order valence-electron chi connectivity index (χ2n) is 7.05. The van der Waals surface area contributed by atoms with Gasteiger partial charge in [-0.2, -0.15) is 0 Å². The van der Waals surface area contributed by atoms with Gasteiger partial charge in [-0.25, -0.2) is 4.79 Å². The molecule has 0 aromatic heterocycles. The van der Waals surface area contributed by atoms with Crippen molar-refractivity contribution in [3.63, 3.8) is 0 Å². The summed E-state index contributed by atoms with van der Waals surface area (Å²) in [6.45, 7) is 0. The lowest BCUT2D eigenvalue weighted by molar-refractivity contribution is -0.274. The lowest BCUT2D eigenvalue weighted by Crippen LogP contribution is -2.29. The molecule has 0 unspecified atom stereocenters. The molecule has 7 heteroatoms. The molecule has 4 nitrogen and oxygen atoms in total. The Bertz CT molecular complexity index is 864. The summed E-state index contributed by atoms with van der Waals surface area (Å²) in [7, 11) is 0. The Morgan fingerprint density at radius 2 is 1.85 bits per heavy atom. The smallest absolute Gasteiger partial charge is 0.478 e. The van der Waals surface area contributed by atoms with Crippen LogP contribution in [0.5, 0.6) is 5.75 Å². The van der Waals surface area contributed by atoms with Crippen LogP contribution in [-0.2, 0) is 0 Å². The Kier molecular flexibility index (Phi) is 4.25. The lowest BCUT2D eigenvalue weighted by Gasteiger charge is -2.38. The van der Waals surface area contributed by atoms with Gasteiger partial charge in [-0.1, -0.05) is 18.6 Å². The number of benzene rings is 2. The minimum absolute atomic E-state index is 0.00206. The topological polar surface area (TPSA) is 58.6 Å². The number of nitrogens with one attached hydrogen (secondary N) is 1. The van der Waals surface area contributed by atoms with Crippen molar-refractivity contribution in [1.82, 2.24) is 0 Å². The largest absolute Gasteiger partial charge is 0.573 e. The lowest BCUT2D eigenvalue weighted by atomic mass is 9.77. The summed E-state index contributed by atoms with van der Waals surface area (Å²) >= 11 is 0. The second-order valence-corrected chi connectivity index (χ2v) is 7.05. The normalized spacial score (nSPS) is 23.9. The van der Waals surface area contributed by atoms with Crippen molar-refractivity contribution in [2.24, 2.45) is 5.92 Å². The van der Waals surface area contributed by atoms with E-state index in [0.717, 1.165) is 36.1 Å². The predicted molar refractivity (Wildman–Crippen MR) is 93.0 cm³/mol. The van der Waals surface area contributed by atoms with Crippen molar-refractivity contribution in [2.45, 2.75) is 37.6 Å². The quantitative estimate of drug-likeness (QED) is 0.759. The van der Waals surface area contributed by atoms with Gasteiger partial charge in [0.05, 0.1) is 11.6 Å². The zero-order chi connectivity index (χ0) is 19.2. The molecular formula is C20H18F3NO3. The number of aromatic carboxylic acids is 1. The predicted octanol–water partition coefficient (Wildman–Crippen LogP) is 5.33. The molecule has 1 heterocycles. The van der Waals surface area contributed by atoms with Gasteiger partial charge < -0.3 is 15.2 Å². The average Bonchev–Trinajstić information content (AvgIpc) is 3.10. The monoisotopic (exact) mass is 377 g/mol. The van der Waals surface area contributed by atoms with E-state index >= 15 is 0 Å². The first kappa shape index (κ1) is 17.7. The number of hydrogen-bond donors (Lipinski definition) is 2. The number of carboxylic acids is 1. The molecule has 1 aliphatic carbocycles. The number of halogens is 3. The number of ether oxygens (including phenoxy) is 1. The first-order chi connectivity index (χ1) is 12.8. The second kappa shape index (κ2) is 6.48. The highest BCUT2D eigenvalue weighted by Crippen LogP contribution is 2.53. The Balaban J connectivity index is 1.66. The molecule has 1 saturated carbocycles. The highest BCUT2D eigenvalue weighted by Gasteiger charge is 2.41. The summed E-state index contributed by atoms with van der Waals surface area (Å²) in [4.78, 5) is 11.1. The molecule has 27 heavy (non-hydrogen) atoms. The van der Waals surface area contributed by atoms with E-state index in [2.05, 4.69) is 10.1 Å². The van der Waals surface area contributed by atoms with Gasteiger partial charge in [-0.15, -0.1) is 13.2 Å². The molecule has 3 atom stereocenters. The Labute approximate surface area is 154 Å². The Morgan fingerprint density at radius 1 is 1.11 bits per heavy atom. The summed E-state index contributed by atoms with van der Waals surface area (Å²) in [5.74, 6) is -0.770. The summed E-state index contributed by atoms with van der Waals surface area (Å²) in [5, 5.41) is 12.5. The molecule has 0 saturated heterocycles. The maximum Gasteiger partial charge on any atom is 0.573 e. The first-order valence-corrected chi connectivity index (χ1v) is 8.81. The third-order valence-electron chi connectivity index (χ3n) is 5.48. The fourth-order valence-corrected chi connectivity index (χ4v) is 4.39. The van der Waals surface area contributed by atoms with Crippen LogP contribution in [0.15, 0.2) is 42.5 Å².